The van der Waals surface area contributed by atoms with Gasteiger partial charge in [-0.1, -0.05) is 31.3 Å². The summed E-state index contributed by atoms with van der Waals surface area (Å²) in [6.07, 6.45) is 1.06. The smallest absolute Gasteiger partial charge is 0.130 e. The predicted molar refractivity (Wildman–Crippen MR) is 80.4 cm³/mol. The van der Waals surface area contributed by atoms with Crippen molar-refractivity contribution in [2.24, 2.45) is 5.73 Å². The molecule has 0 fully saturated rings. The fourth-order valence-electron chi connectivity index (χ4n) is 1.63. The first-order valence-electron chi connectivity index (χ1n) is 5.80. The van der Waals surface area contributed by atoms with Crippen LogP contribution in [0.2, 0.25) is 0 Å². The molecule has 0 radical (unpaired) electrons. The minimum Gasteiger partial charge on any atom is -0.487 e. The van der Waals surface area contributed by atoms with Gasteiger partial charge in [-0.2, -0.15) is 0 Å². The van der Waals surface area contributed by atoms with Gasteiger partial charge in [-0.05, 0) is 30.7 Å². The lowest BCUT2D eigenvalue weighted by molar-refractivity contribution is 0.309. The molecule has 1 aromatic heterocycles. The second-order valence-corrected chi connectivity index (χ2v) is 5.56. The number of nitrogens with two attached hydrogens (primary N) is 1. The lowest BCUT2D eigenvalue weighted by atomic mass is 10.2. The summed E-state index contributed by atoms with van der Waals surface area (Å²) < 4.78 is 5.79. The molecule has 0 saturated carbocycles. The van der Waals surface area contributed by atoms with Crippen LogP contribution >= 0.6 is 23.6 Å². The summed E-state index contributed by atoms with van der Waals surface area (Å²) >= 11 is 6.78. The van der Waals surface area contributed by atoms with Crippen molar-refractivity contribution in [3.63, 3.8) is 0 Å². The highest BCUT2D eigenvalue weighted by molar-refractivity contribution is 7.80. The molecule has 18 heavy (non-hydrogen) atoms. The first kappa shape index (κ1) is 13.1. The summed E-state index contributed by atoms with van der Waals surface area (Å²) in [5.74, 6) is 0.747. The van der Waals surface area contributed by atoms with Crippen LogP contribution in [0.15, 0.2) is 36.4 Å². The van der Waals surface area contributed by atoms with Gasteiger partial charge in [0.2, 0.25) is 0 Å². The molecular formula is C14H15NOS2. The summed E-state index contributed by atoms with van der Waals surface area (Å²) in [5.41, 5.74) is 6.45. The van der Waals surface area contributed by atoms with Gasteiger partial charge in [0.15, 0.2) is 0 Å². The van der Waals surface area contributed by atoms with E-state index in [0.29, 0.717) is 11.6 Å². The van der Waals surface area contributed by atoms with Gasteiger partial charge in [0.25, 0.3) is 0 Å². The standard InChI is InChI=1S/C14H15NOS2/c1-2-10-7-8-11(18-10)9-16-13-6-4-3-5-12(13)14(15)17/h3-8H,2,9H2,1H3,(H2,15,17). The van der Waals surface area contributed by atoms with E-state index in [2.05, 4.69) is 19.1 Å². The number of hydrogen-bond acceptors (Lipinski definition) is 3. The van der Waals surface area contributed by atoms with E-state index in [9.17, 15) is 0 Å². The SMILES string of the molecule is CCc1ccc(COc2ccccc2C(N)=S)s1. The minimum atomic E-state index is 0.367. The number of hydrogen-bond donors (Lipinski definition) is 1. The zero-order chi connectivity index (χ0) is 13.0. The lowest BCUT2D eigenvalue weighted by Gasteiger charge is -2.09. The Kier molecular flexibility index (Phi) is 4.33. The van der Waals surface area contributed by atoms with Crippen LogP contribution in [-0.2, 0) is 13.0 Å². The van der Waals surface area contributed by atoms with Crippen LogP contribution in [0.3, 0.4) is 0 Å². The summed E-state index contributed by atoms with van der Waals surface area (Å²) in [4.78, 5) is 2.95. The molecule has 0 unspecified atom stereocenters. The maximum Gasteiger partial charge on any atom is 0.130 e. The summed E-state index contributed by atoms with van der Waals surface area (Å²) in [6.45, 7) is 2.71. The van der Waals surface area contributed by atoms with Gasteiger partial charge in [-0.3, -0.25) is 0 Å². The van der Waals surface area contributed by atoms with E-state index < -0.39 is 0 Å². The predicted octanol–water partition coefficient (Wildman–Crippen LogP) is 3.52. The zero-order valence-corrected chi connectivity index (χ0v) is 11.8. The fourth-order valence-corrected chi connectivity index (χ4v) is 2.67. The molecule has 0 saturated heterocycles. The van der Waals surface area contributed by atoms with Crippen molar-refractivity contribution < 1.29 is 4.74 Å². The van der Waals surface area contributed by atoms with Gasteiger partial charge < -0.3 is 10.5 Å². The van der Waals surface area contributed by atoms with E-state index in [1.807, 2.05) is 24.3 Å². The first-order valence-corrected chi connectivity index (χ1v) is 7.02. The Labute approximate surface area is 116 Å². The highest BCUT2D eigenvalue weighted by Gasteiger charge is 2.06. The molecule has 2 nitrogen and oxygen atoms in total. The van der Waals surface area contributed by atoms with E-state index in [-0.39, 0.29) is 0 Å². The third kappa shape index (κ3) is 3.09. The van der Waals surface area contributed by atoms with Gasteiger partial charge in [0, 0.05) is 9.75 Å². The van der Waals surface area contributed by atoms with Crippen LogP contribution in [0.25, 0.3) is 0 Å². The fraction of sp³-hybridized carbons (Fsp3) is 0.214. The van der Waals surface area contributed by atoms with Gasteiger partial charge in [-0.25, -0.2) is 0 Å². The normalized spacial score (nSPS) is 10.3. The van der Waals surface area contributed by atoms with Crippen LogP contribution < -0.4 is 10.5 Å². The number of aryl methyl sites for hydroxylation is 1. The van der Waals surface area contributed by atoms with Crippen molar-refractivity contribution in [2.75, 3.05) is 0 Å². The molecule has 2 rings (SSSR count). The first-order chi connectivity index (χ1) is 8.70. The number of thiocarbonyl (C=S) groups is 1. The Morgan fingerprint density at radius 1 is 1.22 bits per heavy atom. The Morgan fingerprint density at radius 2 is 1.94 bits per heavy atom. The average Bonchev–Trinajstić information content (AvgIpc) is 2.84. The molecule has 0 bridgehead atoms. The number of rotatable bonds is 5. The lowest BCUT2D eigenvalue weighted by Crippen LogP contribution is -2.11. The molecular weight excluding hydrogens is 262 g/mol. The molecule has 94 valence electrons. The molecule has 0 aliphatic rings. The Balaban J connectivity index is 2.08. The van der Waals surface area contributed by atoms with Gasteiger partial charge in [0.05, 0.1) is 5.56 Å². The maximum absolute atomic E-state index is 5.79. The number of para-hydroxylation sites is 1. The highest BCUT2D eigenvalue weighted by atomic mass is 32.1. The molecule has 0 aliphatic carbocycles. The van der Waals surface area contributed by atoms with Crippen LogP contribution in [-0.4, -0.2) is 4.99 Å². The third-order valence-corrected chi connectivity index (χ3v) is 4.01. The Bertz CT molecular complexity index is 548. The topological polar surface area (TPSA) is 35.2 Å². The van der Waals surface area contributed by atoms with Crippen molar-refractivity contribution >= 4 is 28.5 Å². The van der Waals surface area contributed by atoms with Gasteiger partial charge >= 0.3 is 0 Å². The van der Waals surface area contributed by atoms with Crippen molar-refractivity contribution in [1.29, 1.82) is 0 Å². The molecule has 1 aromatic carbocycles. The summed E-state index contributed by atoms with van der Waals surface area (Å²) in [6, 6.07) is 11.8. The molecule has 0 aliphatic heterocycles. The number of benzene rings is 1. The second-order valence-electron chi connectivity index (χ2n) is 3.87. The van der Waals surface area contributed by atoms with Gasteiger partial charge in [-0.15, -0.1) is 11.3 Å². The van der Waals surface area contributed by atoms with Crippen molar-refractivity contribution in [3.8, 4) is 5.75 Å². The molecule has 4 heteroatoms. The molecule has 0 spiro atoms. The van der Waals surface area contributed by atoms with E-state index in [0.717, 1.165) is 17.7 Å². The van der Waals surface area contributed by atoms with E-state index in [1.165, 1.54) is 9.75 Å². The number of thiophene rings is 1. The highest BCUT2D eigenvalue weighted by Crippen LogP contribution is 2.22. The summed E-state index contributed by atoms with van der Waals surface area (Å²) in [5, 5.41) is 0. The molecule has 1 heterocycles. The quantitative estimate of drug-likeness (QED) is 0.849. The third-order valence-electron chi connectivity index (χ3n) is 2.59. The maximum atomic E-state index is 5.79. The van der Waals surface area contributed by atoms with Crippen LogP contribution in [0.5, 0.6) is 5.75 Å². The Morgan fingerprint density at radius 3 is 2.61 bits per heavy atom. The minimum absolute atomic E-state index is 0.367. The van der Waals surface area contributed by atoms with E-state index in [1.54, 1.807) is 11.3 Å². The zero-order valence-electron chi connectivity index (χ0n) is 10.2. The van der Waals surface area contributed by atoms with Crippen LogP contribution in [0.4, 0.5) is 0 Å². The van der Waals surface area contributed by atoms with Crippen molar-refractivity contribution in [1.82, 2.24) is 0 Å². The molecule has 2 aromatic rings. The monoisotopic (exact) mass is 277 g/mol. The van der Waals surface area contributed by atoms with E-state index >= 15 is 0 Å². The van der Waals surface area contributed by atoms with Crippen molar-refractivity contribution in [2.45, 2.75) is 20.0 Å². The van der Waals surface area contributed by atoms with E-state index in [4.69, 9.17) is 22.7 Å². The van der Waals surface area contributed by atoms with Crippen molar-refractivity contribution in [3.05, 3.63) is 51.7 Å². The van der Waals surface area contributed by atoms with Crippen LogP contribution in [0, 0.1) is 0 Å². The second kappa shape index (κ2) is 5.98. The molecule has 0 amide bonds. The average molecular weight is 277 g/mol. The molecule has 0 atom stereocenters. The Hall–Kier alpha value is -1.39. The van der Waals surface area contributed by atoms with Crippen LogP contribution in [0.1, 0.15) is 22.2 Å². The molecule has 2 N–H and O–H groups in total. The summed E-state index contributed by atoms with van der Waals surface area (Å²) in [7, 11) is 0. The largest absolute Gasteiger partial charge is 0.487 e. The number of ether oxygens (including phenoxy) is 1. The van der Waals surface area contributed by atoms with Gasteiger partial charge in [0.1, 0.15) is 17.3 Å².